The van der Waals surface area contributed by atoms with E-state index >= 15 is 0 Å². The van der Waals surface area contributed by atoms with Crippen molar-refractivity contribution in [1.82, 2.24) is 14.9 Å². The van der Waals surface area contributed by atoms with E-state index in [0.29, 0.717) is 11.7 Å². The van der Waals surface area contributed by atoms with Crippen LogP contribution in [0.25, 0.3) is 0 Å². The van der Waals surface area contributed by atoms with E-state index in [2.05, 4.69) is 28.7 Å². The van der Waals surface area contributed by atoms with Gasteiger partial charge in [0, 0.05) is 19.1 Å². The summed E-state index contributed by atoms with van der Waals surface area (Å²) in [5, 5.41) is 0. The molecule has 1 aromatic heterocycles. The van der Waals surface area contributed by atoms with Crippen LogP contribution < -0.4 is 5.73 Å². The fourth-order valence-corrected chi connectivity index (χ4v) is 2.74. The molecule has 2 N–H and O–H groups in total. The number of nitrogen functional groups attached to an aromatic ring is 1. The molecule has 0 amide bonds. The van der Waals surface area contributed by atoms with Crippen LogP contribution in [0.5, 0.6) is 0 Å². The first kappa shape index (κ1) is 13.3. The molecule has 18 heavy (non-hydrogen) atoms. The van der Waals surface area contributed by atoms with Gasteiger partial charge in [0.15, 0.2) is 0 Å². The van der Waals surface area contributed by atoms with Crippen molar-refractivity contribution in [2.45, 2.75) is 52.1 Å². The molecule has 0 atom stereocenters. The Morgan fingerprint density at radius 3 is 2.56 bits per heavy atom. The summed E-state index contributed by atoms with van der Waals surface area (Å²) >= 11 is 0. The molecule has 1 heterocycles. The van der Waals surface area contributed by atoms with E-state index in [1.54, 1.807) is 12.4 Å². The third kappa shape index (κ3) is 3.67. The zero-order valence-electron chi connectivity index (χ0n) is 11.5. The molecule has 0 radical (unpaired) electrons. The van der Waals surface area contributed by atoms with Gasteiger partial charge < -0.3 is 5.73 Å². The lowest BCUT2D eigenvalue weighted by atomic mass is 10.1. The van der Waals surface area contributed by atoms with E-state index in [9.17, 15) is 0 Å². The maximum Gasteiger partial charge on any atom is 0.141 e. The van der Waals surface area contributed by atoms with Crippen LogP contribution in [-0.4, -0.2) is 27.5 Å². The number of anilines is 1. The molecule has 1 fully saturated rings. The molecule has 1 aromatic rings. The Hall–Kier alpha value is -1.16. The fourth-order valence-electron chi connectivity index (χ4n) is 2.74. The predicted molar refractivity (Wildman–Crippen MR) is 73.9 cm³/mol. The van der Waals surface area contributed by atoms with Gasteiger partial charge in [-0.15, -0.1) is 0 Å². The molecular formula is C14H24N4. The van der Waals surface area contributed by atoms with Gasteiger partial charge in [0.1, 0.15) is 5.82 Å². The van der Waals surface area contributed by atoms with Crippen LogP contribution in [0.1, 0.15) is 45.2 Å². The maximum absolute atomic E-state index is 5.57. The molecule has 4 heteroatoms. The number of hydrogen-bond donors (Lipinski definition) is 1. The molecule has 0 saturated heterocycles. The number of nitrogens with zero attached hydrogens (tertiary/aromatic N) is 3. The number of nitrogens with two attached hydrogens (primary N) is 1. The van der Waals surface area contributed by atoms with Crippen molar-refractivity contribution in [3.63, 3.8) is 0 Å². The second-order valence-electron chi connectivity index (χ2n) is 5.69. The molecule has 0 aromatic carbocycles. The molecule has 0 bridgehead atoms. The Labute approximate surface area is 110 Å². The van der Waals surface area contributed by atoms with E-state index in [0.717, 1.165) is 24.8 Å². The summed E-state index contributed by atoms with van der Waals surface area (Å²) in [7, 11) is 0. The fraction of sp³-hybridized carbons (Fsp3) is 0.714. The zero-order valence-corrected chi connectivity index (χ0v) is 11.5. The van der Waals surface area contributed by atoms with Gasteiger partial charge in [0.2, 0.25) is 0 Å². The second kappa shape index (κ2) is 6.14. The molecule has 0 unspecified atom stereocenters. The Morgan fingerprint density at radius 1 is 1.28 bits per heavy atom. The first-order valence-corrected chi connectivity index (χ1v) is 6.95. The highest BCUT2D eigenvalue weighted by atomic mass is 15.2. The minimum absolute atomic E-state index is 0.495. The van der Waals surface area contributed by atoms with Crippen LogP contribution in [0.4, 0.5) is 5.82 Å². The molecule has 1 aliphatic rings. The minimum Gasteiger partial charge on any atom is -0.382 e. The van der Waals surface area contributed by atoms with Gasteiger partial charge >= 0.3 is 0 Å². The summed E-state index contributed by atoms with van der Waals surface area (Å²) in [4.78, 5) is 11.1. The Bertz CT molecular complexity index is 355. The van der Waals surface area contributed by atoms with Crippen LogP contribution in [0.15, 0.2) is 12.4 Å². The van der Waals surface area contributed by atoms with Gasteiger partial charge in [0.25, 0.3) is 0 Å². The van der Waals surface area contributed by atoms with Crippen molar-refractivity contribution in [3.8, 4) is 0 Å². The first-order chi connectivity index (χ1) is 8.65. The Balaban J connectivity index is 2.01. The highest BCUT2D eigenvalue weighted by Crippen LogP contribution is 2.25. The summed E-state index contributed by atoms with van der Waals surface area (Å²) in [6, 6.07) is 0.728. The van der Waals surface area contributed by atoms with E-state index in [1.165, 1.54) is 25.7 Å². The smallest absolute Gasteiger partial charge is 0.141 e. The largest absolute Gasteiger partial charge is 0.382 e. The number of hydrogen-bond acceptors (Lipinski definition) is 4. The number of rotatable bonds is 5. The zero-order chi connectivity index (χ0) is 13.0. The van der Waals surface area contributed by atoms with Crippen LogP contribution in [0.3, 0.4) is 0 Å². The Morgan fingerprint density at radius 2 is 2.00 bits per heavy atom. The summed E-state index contributed by atoms with van der Waals surface area (Å²) in [6.07, 6.45) is 8.85. The van der Waals surface area contributed by atoms with Crippen molar-refractivity contribution >= 4 is 5.82 Å². The normalized spacial score (nSPS) is 16.9. The van der Waals surface area contributed by atoms with Gasteiger partial charge in [-0.05, 0) is 18.8 Å². The van der Waals surface area contributed by atoms with E-state index in [1.807, 2.05) is 0 Å². The lowest BCUT2D eigenvalue weighted by Crippen LogP contribution is -2.36. The topological polar surface area (TPSA) is 55.0 Å². The molecule has 0 aliphatic heterocycles. The van der Waals surface area contributed by atoms with Gasteiger partial charge in [-0.1, -0.05) is 26.7 Å². The highest BCUT2D eigenvalue weighted by Gasteiger charge is 2.23. The molecule has 1 saturated carbocycles. The van der Waals surface area contributed by atoms with Gasteiger partial charge in [0.05, 0.1) is 18.1 Å². The average Bonchev–Trinajstić information content (AvgIpc) is 2.84. The van der Waals surface area contributed by atoms with Crippen LogP contribution in [-0.2, 0) is 6.54 Å². The van der Waals surface area contributed by atoms with Crippen molar-refractivity contribution in [2.75, 3.05) is 12.3 Å². The third-order valence-electron chi connectivity index (χ3n) is 3.53. The lowest BCUT2D eigenvalue weighted by Gasteiger charge is -2.30. The molecule has 0 spiro atoms. The van der Waals surface area contributed by atoms with Crippen molar-refractivity contribution < 1.29 is 0 Å². The van der Waals surface area contributed by atoms with E-state index in [4.69, 9.17) is 5.73 Å². The SMILES string of the molecule is CC(C)CN(Cc1cnc(N)cn1)C1CCCC1. The van der Waals surface area contributed by atoms with Crippen molar-refractivity contribution in [3.05, 3.63) is 18.1 Å². The minimum atomic E-state index is 0.495. The van der Waals surface area contributed by atoms with Gasteiger partial charge in [-0.3, -0.25) is 9.88 Å². The second-order valence-corrected chi connectivity index (χ2v) is 5.69. The van der Waals surface area contributed by atoms with E-state index < -0.39 is 0 Å². The number of aromatic nitrogens is 2. The quantitative estimate of drug-likeness (QED) is 0.869. The van der Waals surface area contributed by atoms with Crippen LogP contribution in [0.2, 0.25) is 0 Å². The van der Waals surface area contributed by atoms with Crippen LogP contribution >= 0.6 is 0 Å². The first-order valence-electron chi connectivity index (χ1n) is 6.95. The monoisotopic (exact) mass is 248 g/mol. The Kier molecular flexibility index (Phi) is 4.53. The standard InChI is InChI=1S/C14H24N4/c1-11(2)9-18(13-5-3-4-6-13)10-12-7-17-14(15)8-16-12/h7-8,11,13H,3-6,9-10H2,1-2H3,(H2,15,17). The van der Waals surface area contributed by atoms with Crippen molar-refractivity contribution in [2.24, 2.45) is 5.92 Å². The summed E-state index contributed by atoms with van der Waals surface area (Å²) in [6.45, 7) is 6.58. The van der Waals surface area contributed by atoms with Gasteiger partial charge in [-0.2, -0.15) is 0 Å². The summed E-state index contributed by atoms with van der Waals surface area (Å²) in [5.41, 5.74) is 6.60. The van der Waals surface area contributed by atoms with Crippen molar-refractivity contribution in [1.29, 1.82) is 0 Å². The molecule has 2 rings (SSSR count). The predicted octanol–water partition coefficient (Wildman–Crippen LogP) is 2.46. The molecule has 100 valence electrons. The maximum atomic E-state index is 5.57. The lowest BCUT2D eigenvalue weighted by molar-refractivity contribution is 0.166. The average molecular weight is 248 g/mol. The molecule has 1 aliphatic carbocycles. The third-order valence-corrected chi connectivity index (χ3v) is 3.53. The summed E-state index contributed by atoms with van der Waals surface area (Å²) in [5.74, 6) is 1.18. The van der Waals surface area contributed by atoms with Crippen LogP contribution in [0, 0.1) is 5.92 Å². The van der Waals surface area contributed by atoms with E-state index in [-0.39, 0.29) is 0 Å². The highest BCUT2D eigenvalue weighted by molar-refractivity contribution is 5.22. The summed E-state index contributed by atoms with van der Waals surface area (Å²) < 4.78 is 0. The molecular weight excluding hydrogens is 224 g/mol. The van der Waals surface area contributed by atoms with Gasteiger partial charge in [-0.25, -0.2) is 4.98 Å². The molecule has 4 nitrogen and oxygen atoms in total.